The van der Waals surface area contributed by atoms with Gasteiger partial charge in [0, 0.05) is 5.56 Å². The van der Waals surface area contributed by atoms with Gasteiger partial charge in [-0.3, -0.25) is 4.79 Å². The molecule has 21 heavy (non-hydrogen) atoms. The Hall–Kier alpha value is -1.51. The normalized spacial score (nSPS) is 10.6. The number of carboxylic acids is 1. The number of hydrogen-bond acceptors (Lipinski definition) is 2. The highest BCUT2D eigenvalue weighted by Crippen LogP contribution is 2.22. The second-order valence-electron chi connectivity index (χ2n) is 5.46. The van der Waals surface area contributed by atoms with Crippen molar-refractivity contribution in [3.63, 3.8) is 0 Å². The zero-order chi connectivity index (χ0) is 15.5. The summed E-state index contributed by atoms with van der Waals surface area (Å²) < 4.78 is 5.50. The minimum Gasteiger partial charge on any atom is -0.494 e. The fraction of sp³-hybridized carbons (Fsp3) is 0.611. The molecule has 1 rings (SSSR count). The molecule has 0 fully saturated rings. The Bertz CT molecular complexity index is 426. The Morgan fingerprint density at radius 2 is 1.81 bits per heavy atom. The van der Waals surface area contributed by atoms with Crippen LogP contribution in [0.25, 0.3) is 0 Å². The first-order valence-electron chi connectivity index (χ1n) is 8.13. The molecule has 0 amide bonds. The molecule has 118 valence electrons. The smallest absolute Gasteiger partial charge is 0.307 e. The number of benzene rings is 1. The third kappa shape index (κ3) is 7.16. The highest BCUT2D eigenvalue weighted by atomic mass is 16.5. The Kier molecular flexibility index (Phi) is 8.56. The van der Waals surface area contributed by atoms with Gasteiger partial charge in [-0.15, -0.1) is 0 Å². The number of carboxylic acid groups (broad SMARTS) is 1. The molecule has 0 unspecified atom stereocenters. The lowest BCUT2D eigenvalue weighted by Crippen LogP contribution is -2.04. The second kappa shape index (κ2) is 10.3. The molecule has 3 nitrogen and oxygen atoms in total. The zero-order valence-electron chi connectivity index (χ0n) is 13.4. The van der Waals surface area contributed by atoms with Crippen LogP contribution >= 0.6 is 0 Å². The molecule has 0 saturated carbocycles. The third-order valence-electron chi connectivity index (χ3n) is 3.59. The van der Waals surface area contributed by atoms with Gasteiger partial charge in [0.2, 0.25) is 0 Å². The fourth-order valence-electron chi connectivity index (χ4n) is 2.50. The van der Waals surface area contributed by atoms with E-state index in [1.54, 1.807) is 0 Å². The zero-order valence-corrected chi connectivity index (χ0v) is 13.4. The lowest BCUT2D eigenvalue weighted by atomic mass is 10.0. The lowest BCUT2D eigenvalue weighted by Gasteiger charge is -2.11. The minimum atomic E-state index is -0.812. The molecule has 0 aromatic heterocycles. The Morgan fingerprint density at radius 3 is 2.48 bits per heavy atom. The monoisotopic (exact) mass is 292 g/mol. The summed E-state index contributed by atoms with van der Waals surface area (Å²) in [5, 5.41) is 8.99. The number of ether oxygens (including phenoxy) is 1. The molecule has 0 atom stereocenters. The van der Waals surface area contributed by atoms with E-state index in [1.807, 2.05) is 19.1 Å². The van der Waals surface area contributed by atoms with Crippen LogP contribution in [0.3, 0.4) is 0 Å². The van der Waals surface area contributed by atoms with Gasteiger partial charge in [-0.1, -0.05) is 51.2 Å². The van der Waals surface area contributed by atoms with E-state index in [0.717, 1.165) is 12.0 Å². The van der Waals surface area contributed by atoms with Crippen LogP contribution in [0.4, 0.5) is 0 Å². The first-order valence-corrected chi connectivity index (χ1v) is 8.13. The van der Waals surface area contributed by atoms with E-state index in [2.05, 4.69) is 13.0 Å². The Labute approximate surface area is 128 Å². The molecule has 0 aliphatic rings. The second-order valence-corrected chi connectivity index (χ2v) is 5.46. The van der Waals surface area contributed by atoms with Crippen LogP contribution in [-0.4, -0.2) is 17.7 Å². The maximum absolute atomic E-state index is 10.9. The molecule has 1 aromatic carbocycles. The summed E-state index contributed by atoms with van der Waals surface area (Å²) in [6.07, 6.45) is 8.69. The predicted molar refractivity (Wildman–Crippen MR) is 86.0 cm³/mol. The van der Waals surface area contributed by atoms with Crippen molar-refractivity contribution in [2.24, 2.45) is 0 Å². The van der Waals surface area contributed by atoms with Crippen LogP contribution in [0.1, 0.15) is 63.5 Å². The van der Waals surface area contributed by atoms with Gasteiger partial charge >= 0.3 is 5.97 Å². The van der Waals surface area contributed by atoms with Crippen LogP contribution in [0.2, 0.25) is 0 Å². The number of rotatable bonds is 11. The maximum atomic E-state index is 10.9. The van der Waals surface area contributed by atoms with Crippen LogP contribution in [0.15, 0.2) is 18.2 Å². The Balaban J connectivity index is 2.52. The summed E-state index contributed by atoms with van der Waals surface area (Å²) in [7, 11) is 0. The van der Waals surface area contributed by atoms with Crippen LogP contribution in [0, 0.1) is 0 Å². The molecular formula is C18H28O3. The number of hydrogen-bond donors (Lipinski definition) is 1. The van der Waals surface area contributed by atoms with Crippen molar-refractivity contribution < 1.29 is 14.6 Å². The summed E-state index contributed by atoms with van der Waals surface area (Å²) in [5.41, 5.74) is 2.00. The standard InChI is InChI=1S/C18H28O3/c1-3-5-6-7-8-9-10-15-11-12-17(21-4-2)16(13-15)14-18(19)20/h11-13H,3-10,14H2,1-2H3,(H,19,20). The van der Waals surface area contributed by atoms with Crippen molar-refractivity contribution in [3.8, 4) is 5.75 Å². The molecule has 0 heterocycles. The first kappa shape index (κ1) is 17.5. The fourth-order valence-corrected chi connectivity index (χ4v) is 2.50. The number of carbonyl (C=O) groups is 1. The third-order valence-corrected chi connectivity index (χ3v) is 3.59. The minimum absolute atomic E-state index is 0.0275. The van der Waals surface area contributed by atoms with E-state index in [9.17, 15) is 4.79 Å². The Morgan fingerprint density at radius 1 is 1.10 bits per heavy atom. The number of aryl methyl sites for hydroxylation is 1. The van der Waals surface area contributed by atoms with Crippen LogP contribution < -0.4 is 4.74 Å². The molecule has 0 aliphatic carbocycles. The van der Waals surface area contributed by atoms with Crippen molar-refractivity contribution in [1.29, 1.82) is 0 Å². The van der Waals surface area contributed by atoms with Gasteiger partial charge in [-0.05, 0) is 31.4 Å². The van der Waals surface area contributed by atoms with Gasteiger partial charge < -0.3 is 9.84 Å². The van der Waals surface area contributed by atoms with E-state index in [1.165, 1.54) is 44.1 Å². The van der Waals surface area contributed by atoms with Crippen molar-refractivity contribution in [3.05, 3.63) is 29.3 Å². The van der Waals surface area contributed by atoms with Crippen molar-refractivity contribution in [1.82, 2.24) is 0 Å². The molecule has 1 aromatic rings. The van der Waals surface area contributed by atoms with Gasteiger partial charge in [-0.25, -0.2) is 0 Å². The quantitative estimate of drug-likeness (QED) is 0.606. The average Bonchev–Trinajstić information content (AvgIpc) is 2.45. The average molecular weight is 292 g/mol. The topological polar surface area (TPSA) is 46.5 Å². The van der Waals surface area contributed by atoms with Crippen molar-refractivity contribution in [2.75, 3.05) is 6.61 Å². The molecular weight excluding hydrogens is 264 g/mol. The summed E-state index contributed by atoms with van der Waals surface area (Å²) in [6, 6.07) is 5.96. The van der Waals surface area contributed by atoms with Gasteiger partial charge in [-0.2, -0.15) is 0 Å². The molecule has 1 N–H and O–H groups in total. The first-order chi connectivity index (χ1) is 10.2. The summed E-state index contributed by atoms with van der Waals surface area (Å²) >= 11 is 0. The summed E-state index contributed by atoms with van der Waals surface area (Å²) in [4.78, 5) is 10.9. The van der Waals surface area contributed by atoms with Crippen LogP contribution in [0.5, 0.6) is 5.75 Å². The number of unbranched alkanes of at least 4 members (excludes halogenated alkanes) is 5. The maximum Gasteiger partial charge on any atom is 0.307 e. The van der Waals surface area contributed by atoms with Gasteiger partial charge in [0.15, 0.2) is 0 Å². The van der Waals surface area contributed by atoms with E-state index < -0.39 is 5.97 Å². The highest BCUT2D eigenvalue weighted by molar-refractivity contribution is 5.71. The van der Waals surface area contributed by atoms with Crippen molar-refractivity contribution >= 4 is 5.97 Å². The number of aliphatic carboxylic acids is 1. The largest absolute Gasteiger partial charge is 0.494 e. The van der Waals surface area contributed by atoms with E-state index in [4.69, 9.17) is 9.84 Å². The van der Waals surface area contributed by atoms with Crippen molar-refractivity contribution in [2.45, 2.75) is 65.2 Å². The predicted octanol–water partition coefficient (Wildman–Crippen LogP) is 4.62. The van der Waals surface area contributed by atoms with Gasteiger partial charge in [0.05, 0.1) is 13.0 Å². The summed E-state index contributed by atoms with van der Waals surface area (Å²) in [5.74, 6) is -0.112. The molecule has 0 aliphatic heterocycles. The summed E-state index contributed by atoms with van der Waals surface area (Å²) in [6.45, 7) is 4.70. The van der Waals surface area contributed by atoms with Gasteiger partial charge in [0.1, 0.15) is 5.75 Å². The van der Waals surface area contributed by atoms with E-state index in [0.29, 0.717) is 12.4 Å². The van der Waals surface area contributed by atoms with Gasteiger partial charge in [0.25, 0.3) is 0 Å². The SMILES string of the molecule is CCCCCCCCc1ccc(OCC)c(CC(=O)O)c1. The lowest BCUT2D eigenvalue weighted by molar-refractivity contribution is -0.136. The molecule has 3 heteroatoms. The molecule has 0 spiro atoms. The molecule has 0 saturated heterocycles. The van der Waals surface area contributed by atoms with Crippen LogP contribution in [-0.2, 0) is 17.6 Å². The molecule has 0 bridgehead atoms. The van der Waals surface area contributed by atoms with E-state index in [-0.39, 0.29) is 6.42 Å². The molecule has 0 radical (unpaired) electrons. The highest BCUT2D eigenvalue weighted by Gasteiger charge is 2.09. The van der Waals surface area contributed by atoms with E-state index >= 15 is 0 Å².